The van der Waals surface area contributed by atoms with Crippen molar-refractivity contribution in [2.45, 2.75) is 219 Å². The first-order valence-electron chi connectivity index (χ1n) is 26.7. The minimum atomic E-state index is -0.617. The maximum absolute atomic E-state index is 12.8. The van der Waals surface area contributed by atoms with Crippen LogP contribution in [-0.4, -0.2) is 37.9 Å². The molecule has 0 fully saturated rings. The monoisotopic (exact) mass is 911 g/mol. The van der Waals surface area contributed by atoms with Crippen molar-refractivity contribution in [1.82, 2.24) is 0 Å². The molecule has 1 unspecified atom stereocenters. The van der Waals surface area contributed by atoms with Gasteiger partial charge in [-0.25, -0.2) is 0 Å². The average molecular weight is 911 g/mol. The Balaban J connectivity index is 4.48. The van der Waals surface area contributed by atoms with Gasteiger partial charge in [-0.15, -0.1) is 0 Å². The molecule has 0 aliphatic carbocycles. The third-order valence-electron chi connectivity index (χ3n) is 10.7. The molecule has 0 spiro atoms. The molecular weight excluding hydrogens is 813 g/mol. The number of unbranched alkanes of at least 4 members (excludes halogenated alkanes) is 15. The van der Waals surface area contributed by atoms with Crippen molar-refractivity contribution in [2.75, 3.05) is 19.8 Å². The summed E-state index contributed by atoms with van der Waals surface area (Å²) in [5.41, 5.74) is 0. The highest BCUT2D eigenvalue weighted by Gasteiger charge is 2.17. The van der Waals surface area contributed by atoms with Gasteiger partial charge in [-0.2, -0.15) is 0 Å². The fourth-order valence-electron chi connectivity index (χ4n) is 6.78. The molecule has 0 aromatic heterocycles. The van der Waals surface area contributed by atoms with E-state index < -0.39 is 6.10 Å². The summed E-state index contributed by atoms with van der Waals surface area (Å²) in [7, 11) is 0. The quantitative estimate of drug-likeness (QED) is 0.0346. The number of rotatable bonds is 47. The Morgan fingerprint density at radius 3 is 1.18 bits per heavy atom. The van der Waals surface area contributed by atoms with Crippen molar-refractivity contribution >= 4 is 11.9 Å². The maximum Gasteiger partial charge on any atom is 0.310 e. The number of allylic oxidation sites excluding steroid dienone is 21. The standard InChI is InChI=1S/C61H98O5/c1-4-7-10-13-16-19-22-25-28-30-31-32-34-36-39-42-45-48-51-54-60(62)65-58-59(57-64-56-53-50-47-44-41-38-35-29-26-23-20-17-14-11-8-5-2)66-61(63)55-52-49-46-43-40-37-33-27-24-21-18-15-12-9-6-3/h7,9-10,12,16,18-19,21,25-29,31-33,36,39-40,43,49,52,59H,4-6,8,11,13-15,17,20,22-24,30,34-35,37-38,41-42,44-48,50-51,53-58H2,1-3H3/b10-7-,12-9-,19-16-,21-18-,28-25-,29-26-,32-31-,33-27-,39-36-,43-40-,52-49-. The zero-order valence-electron chi connectivity index (χ0n) is 42.7. The summed E-state index contributed by atoms with van der Waals surface area (Å²) in [4.78, 5) is 25.4. The van der Waals surface area contributed by atoms with Gasteiger partial charge in [-0.05, 0) is 116 Å². The number of hydrogen-bond acceptors (Lipinski definition) is 5. The van der Waals surface area contributed by atoms with Crippen LogP contribution < -0.4 is 0 Å². The van der Waals surface area contributed by atoms with Gasteiger partial charge in [0, 0.05) is 13.0 Å². The van der Waals surface area contributed by atoms with Crippen LogP contribution in [0.1, 0.15) is 213 Å². The van der Waals surface area contributed by atoms with E-state index in [-0.39, 0.29) is 31.6 Å². The predicted molar refractivity (Wildman–Crippen MR) is 288 cm³/mol. The Kier molecular flexibility index (Phi) is 52.0. The van der Waals surface area contributed by atoms with Crippen LogP contribution in [-0.2, 0) is 23.8 Å². The van der Waals surface area contributed by atoms with E-state index in [0.717, 1.165) is 103 Å². The van der Waals surface area contributed by atoms with Crippen LogP contribution in [0.2, 0.25) is 0 Å². The van der Waals surface area contributed by atoms with Crippen LogP contribution in [0.3, 0.4) is 0 Å². The summed E-state index contributed by atoms with van der Waals surface area (Å²) in [6.07, 6.45) is 79.2. The van der Waals surface area contributed by atoms with E-state index in [9.17, 15) is 9.59 Å². The summed E-state index contributed by atoms with van der Waals surface area (Å²) in [6.45, 7) is 7.43. The number of ether oxygens (including phenoxy) is 3. The second kappa shape index (κ2) is 55.4. The first kappa shape index (κ1) is 62.0. The first-order chi connectivity index (χ1) is 32.6. The lowest BCUT2D eigenvalue weighted by Crippen LogP contribution is -2.29. The van der Waals surface area contributed by atoms with Crippen LogP contribution in [0.4, 0.5) is 0 Å². The molecule has 0 saturated carbocycles. The molecule has 372 valence electrons. The highest BCUT2D eigenvalue weighted by molar-refractivity contribution is 5.71. The third kappa shape index (κ3) is 52.7. The molecule has 0 aliphatic heterocycles. The molecule has 0 bridgehead atoms. The van der Waals surface area contributed by atoms with Gasteiger partial charge in [-0.1, -0.05) is 219 Å². The lowest BCUT2D eigenvalue weighted by atomic mass is 10.1. The Morgan fingerprint density at radius 1 is 0.364 bits per heavy atom. The molecule has 5 nitrogen and oxygen atoms in total. The molecule has 0 heterocycles. The second-order valence-electron chi connectivity index (χ2n) is 17.0. The maximum atomic E-state index is 12.8. The summed E-state index contributed by atoms with van der Waals surface area (Å²) in [6, 6.07) is 0. The van der Waals surface area contributed by atoms with Crippen LogP contribution in [0, 0.1) is 0 Å². The van der Waals surface area contributed by atoms with E-state index in [1.165, 1.54) is 77.0 Å². The van der Waals surface area contributed by atoms with Gasteiger partial charge in [0.15, 0.2) is 6.10 Å². The van der Waals surface area contributed by atoms with Crippen LogP contribution in [0.25, 0.3) is 0 Å². The van der Waals surface area contributed by atoms with Crippen LogP contribution in [0.5, 0.6) is 0 Å². The number of carbonyl (C=O) groups excluding carboxylic acids is 2. The molecule has 0 aromatic carbocycles. The van der Waals surface area contributed by atoms with Crippen molar-refractivity contribution in [2.24, 2.45) is 0 Å². The minimum Gasteiger partial charge on any atom is -0.462 e. The first-order valence-corrected chi connectivity index (χ1v) is 26.7. The van der Waals surface area contributed by atoms with E-state index in [4.69, 9.17) is 14.2 Å². The molecule has 1 atom stereocenters. The topological polar surface area (TPSA) is 61.8 Å². The summed E-state index contributed by atoms with van der Waals surface area (Å²) >= 11 is 0. The number of esters is 2. The van der Waals surface area contributed by atoms with Crippen LogP contribution in [0.15, 0.2) is 134 Å². The van der Waals surface area contributed by atoms with Gasteiger partial charge >= 0.3 is 11.9 Å². The lowest BCUT2D eigenvalue weighted by Gasteiger charge is -2.18. The highest BCUT2D eigenvalue weighted by Crippen LogP contribution is 2.12. The van der Waals surface area contributed by atoms with Gasteiger partial charge in [0.1, 0.15) is 6.61 Å². The largest absolute Gasteiger partial charge is 0.462 e. The molecule has 0 N–H and O–H groups in total. The van der Waals surface area contributed by atoms with E-state index in [1.54, 1.807) is 0 Å². The molecule has 0 aliphatic rings. The molecule has 5 heteroatoms. The molecule has 66 heavy (non-hydrogen) atoms. The molecule has 0 amide bonds. The van der Waals surface area contributed by atoms with E-state index >= 15 is 0 Å². The molecule has 0 rings (SSSR count). The molecule has 0 radical (unpaired) electrons. The SMILES string of the molecule is CC/C=C\C/C=C\C/C=C\C/C=C\C/C=C\CCCCCC(=O)OCC(COCCCCCCCC/C=C\CCCCCCCC)OC(=O)C/C=C\C/C=C\C/C=C\C/C=C\C/C=C\CC. The Labute approximate surface area is 407 Å². The summed E-state index contributed by atoms with van der Waals surface area (Å²) < 4.78 is 17.3. The Bertz CT molecular complexity index is 1400. The van der Waals surface area contributed by atoms with Gasteiger partial charge in [-0.3, -0.25) is 9.59 Å². The Hall–Kier alpha value is -3.96. The van der Waals surface area contributed by atoms with Crippen molar-refractivity contribution in [3.8, 4) is 0 Å². The minimum absolute atomic E-state index is 0.0175. The smallest absolute Gasteiger partial charge is 0.310 e. The zero-order valence-corrected chi connectivity index (χ0v) is 42.7. The molecular formula is C61H98O5. The second-order valence-corrected chi connectivity index (χ2v) is 17.0. The average Bonchev–Trinajstić information content (AvgIpc) is 3.32. The predicted octanol–water partition coefficient (Wildman–Crippen LogP) is 18.3. The van der Waals surface area contributed by atoms with Gasteiger partial charge < -0.3 is 14.2 Å². The zero-order chi connectivity index (χ0) is 47.7. The summed E-state index contributed by atoms with van der Waals surface area (Å²) in [5, 5.41) is 0. The van der Waals surface area contributed by atoms with E-state index in [2.05, 4.69) is 142 Å². The van der Waals surface area contributed by atoms with Gasteiger partial charge in [0.05, 0.1) is 13.0 Å². The fourth-order valence-corrected chi connectivity index (χ4v) is 6.78. The van der Waals surface area contributed by atoms with Crippen LogP contribution >= 0.6 is 0 Å². The van der Waals surface area contributed by atoms with E-state index in [1.807, 2.05) is 12.2 Å². The molecule has 0 aromatic rings. The lowest BCUT2D eigenvalue weighted by molar-refractivity contribution is -0.162. The summed E-state index contributed by atoms with van der Waals surface area (Å²) in [5.74, 6) is -0.592. The molecule has 0 saturated heterocycles. The van der Waals surface area contributed by atoms with E-state index in [0.29, 0.717) is 13.0 Å². The normalized spacial score (nSPS) is 13.3. The highest BCUT2D eigenvalue weighted by atomic mass is 16.6. The van der Waals surface area contributed by atoms with Gasteiger partial charge in [0.2, 0.25) is 0 Å². The van der Waals surface area contributed by atoms with Crippen molar-refractivity contribution in [3.05, 3.63) is 134 Å². The number of hydrogen-bond donors (Lipinski definition) is 0. The fraction of sp³-hybridized carbons (Fsp3) is 0.607. The van der Waals surface area contributed by atoms with Crippen molar-refractivity contribution < 1.29 is 23.8 Å². The van der Waals surface area contributed by atoms with Gasteiger partial charge in [0.25, 0.3) is 0 Å². The van der Waals surface area contributed by atoms with Crippen molar-refractivity contribution in [3.63, 3.8) is 0 Å². The third-order valence-corrected chi connectivity index (χ3v) is 10.7. The Morgan fingerprint density at radius 2 is 0.727 bits per heavy atom. The van der Waals surface area contributed by atoms with Crippen molar-refractivity contribution in [1.29, 1.82) is 0 Å². The number of carbonyl (C=O) groups is 2.